The topological polar surface area (TPSA) is 70.3 Å². The Labute approximate surface area is 105 Å². The fourth-order valence-electron chi connectivity index (χ4n) is 2.29. The summed E-state index contributed by atoms with van der Waals surface area (Å²) in [5.41, 5.74) is 2.53. The second-order valence-electron chi connectivity index (χ2n) is 4.69. The highest BCUT2D eigenvalue weighted by molar-refractivity contribution is 7.15. The summed E-state index contributed by atoms with van der Waals surface area (Å²) >= 11 is 1.53. The normalized spacial score (nSPS) is 22.9. The molecule has 1 aliphatic carbocycles. The standard InChI is InChI=1S/C10H18N6S/c11-12-10-14-13-9(17-10)7-15-3-5-16(6-4-15)8-1-2-8/h8H,1-7,11H2,(H,12,14). The van der Waals surface area contributed by atoms with E-state index in [9.17, 15) is 0 Å². The van der Waals surface area contributed by atoms with Gasteiger partial charge in [-0.25, -0.2) is 5.84 Å². The Morgan fingerprint density at radius 2 is 2.00 bits per heavy atom. The van der Waals surface area contributed by atoms with Crippen LogP contribution in [0, 0.1) is 0 Å². The van der Waals surface area contributed by atoms with Crippen molar-refractivity contribution in [2.24, 2.45) is 5.84 Å². The quantitative estimate of drug-likeness (QED) is 0.587. The molecule has 3 N–H and O–H groups in total. The molecule has 2 aliphatic rings. The molecular weight excluding hydrogens is 236 g/mol. The first-order valence-electron chi connectivity index (χ1n) is 6.10. The SMILES string of the molecule is NNc1nnc(CN2CCN(C3CC3)CC2)s1. The van der Waals surface area contributed by atoms with E-state index in [0.29, 0.717) is 5.13 Å². The van der Waals surface area contributed by atoms with Crippen LogP contribution >= 0.6 is 11.3 Å². The van der Waals surface area contributed by atoms with Crippen LogP contribution < -0.4 is 11.3 Å². The maximum absolute atomic E-state index is 5.29. The van der Waals surface area contributed by atoms with Gasteiger partial charge in [-0.2, -0.15) is 0 Å². The molecule has 7 heteroatoms. The lowest BCUT2D eigenvalue weighted by Crippen LogP contribution is -2.46. The second kappa shape index (κ2) is 4.85. The van der Waals surface area contributed by atoms with Gasteiger partial charge in [0.25, 0.3) is 0 Å². The van der Waals surface area contributed by atoms with Crippen LogP contribution in [0.2, 0.25) is 0 Å². The fourth-order valence-corrected chi connectivity index (χ4v) is 2.99. The van der Waals surface area contributed by atoms with Crippen molar-refractivity contribution in [1.29, 1.82) is 0 Å². The molecule has 17 heavy (non-hydrogen) atoms. The van der Waals surface area contributed by atoms with Crippen LogP contribution in [0.3, 0.4) is 0 Å². The summed E-state index contributed by atoms with van der Waals surface area (Å²) in [4.78, 5) is 5.06. The molecule has 0 aromatic carbocycles. The molecular formula is C10H18N6S. The summed E-state index contributed by atoms with van der Waals surface area (Å²) in [6.07, 6.45) is 2.81. The van der Waals surface area contributed by atoms with Gasteiger partial charge in [0.15, 0.2) is 0 Å². The highest BCUT2D eigenvalue weighted by Gasteiger charge is 2.31. The van der Waals surface area contributed by atoms with E-state index < -0.39 is 0 Å². The lowest BCUT2D eigenvalue weighted by molar-refractivity contribution is 0.121. The Balaban J connectivity index is 1.49. The summed E-state index contributed by atoms with van der Waals surface area (Å²) < 4.78 is 0. The van der Waals surface area contributed by atoms with E-state index in [2.05, 4.69) is 25.4 Å². The van der Waals surface area contributed by atoms with E-state index in [1.165, 1.54) is 37.3 Å². The molecule has 1 aliphatic heterocycles. The van der Waals surface area contributed by atoms with Crippen LogP contribution in [-0.2, 0) is 6.54 Å². The zero-order chi connectivity index (χ0) is 11.7. The average Bonchev–Trinajstić information content (AvgIpc) is 3.11. The summed E-state index contributed by atoms with van der Waals surface area (Å²) in [6, 6.07) is 0.895. The van der Waals surface area contributed by atoms with Gasteiger partial charge in [0.2, 0.25) is 5.13 Å². The van der Waals surface area contributed by atoms with Gasteiger partial charge in [-0.3, -0.25) is 15.2 Å². The fraction of sp³-hybridized carbons (Fsp3) is 0.800. The Bertz CT molecular complexity index is 369. The number of nitrogen functional groups attached to an aromatic ring is 1. The molecule has 0 atom stereocenters. The smallest absolute Gasteiger partial charge is 0.219 e. The molecule has 1 saturated carbocycles. The van der Waals surface area contributed by atoms with E-state index in [1.54, 1.807) is 0 Å². The lowest BCUT2D eigenvalue weighted by Gasteiger charge is -2.34. The van der Waals surface area contributed by atoms with Gasteiger partial charge in [-0.05, 0) is 12.8 Å². The predicted octanol–water partition coefficient (Wildman–Crippen LogP) is 0.104. The first-order valence-corrected chi connectivity index (χ1v) is 6.92. The largest absolute Gasteiger partial charge is 0.298 e. The van der Waals surface area contributed by atoms with Crippen molar-refractivity contribution in [2.75, 3.05) is 31.6 Å². The summed E-state index contributed by atoms with van der Waals surface area (Å²) in [6.45, 7) is 5.58. The van der Waals surface area contributed by atoms with Crippen LogP contribution in [0.15, 0.2) is 0 Å². The van der Waals surface area contributed by atoms with Crippen LogP contribution in [0.4, 0.5) is 5.13 Å². The Hall–Kier alpha value is -0.760. The number of hydrogen-bond acceptors (Lipinski definition) is 7. The number of aromatic nitrogens is 2. The molecule has 6 nitrogen and oxygen atoms in total. The zero-order valence-corrected chi connectivity index (χ0v) is 10.6. The molecule has 1 aromatic rings. The maximum atomic E-state index is 5.29. The Morgan fingerprint density at radius 1 is 1.24 bits per heavy atom. The maximum Gasteiger partial charge on any atom is 0.219 e. The van der Waals surface area contributed by atoms with Crippen molar-refractivity contribution in [3.63, 3.8) is 0 Å². The van der Waals surface area contributed by atoms with Crippen molar-refractivity contribution in [1.82, 2.24) is 20.0 Å². The van der Waals surface area contributed by atoms with E-state index >= 15 is 0 Å². The molecule has 0 radical (unpaired) electrons. The zero-order valence-electron chi connectivity index (χ0n) is 9.80. The molecule has 3 rings (SSSR count). The second-order valence-corrected chi connectivity index (χ2v) is 5.75. The summed E-state index contributed by atoms with van der Waals surface area (Å²) in [5, 5.41) is 9.80. The van der Waals surface area contributed by atoms with Crippen LogP contribution in [0.5, 0.6) is 0 Å². The highest BCUT2D eigenvalue weighted by atomic mass is 32.1. The van der Waals surface area contributed by atoms with Crippen LogP contribution in [0.25, 0.3) is 0 Å². The number of hydrogen-bond donors (Lipinski definition) is 2. The van der Waals surface area contributed by atoms with Crippen molar-refractivity contribution >= 4 is 16.5 Å². The summed E-state index contributed by atoms with van der Waals surface area (Å²) in [7, 11) is 0. The average molecular weight is 254 g/mol. The van der Waals surface area contributed by atoms with E-state index in [1.807, 2.05) is 0 Å². The van der Waals surface area contributed by atoms with Gasteiger partial charge in [0.05, 0.1) is 6.54 Å². The lowest BCUT2D eigenvalue weighted by atomic mass is 10.3. The third-order valence-electron chi connectivity index (χ3n) is 3.42. The number of nitrogens with zero attached hydrogens (tertiary/aromatic N) is 4. The number of hydrazine groups is 1. The van der Waals surface area contributed by atoms with Crippen molar-refractivity contribution < 1.29 is 0 Å². The molecule has 0 bridgehead atoms. The number of piperazine rings is 1. The summed E-state index contributed by atoms with van der Waals surface area (Å²) in [5.74, 6) is 5.29. The Morgan fingerprint density at radius 3 is 2.59 bits per heavy atom. The molecule has 94 valence electrons. The molecule has 1 saturated heterocycles. The van der Waals surface area contributed by atoms with Crippen LogP contribution in [-0.4, -0.2) is 52.2 Å². The predicted molar refractivity (Wildman–Crippen MR) is 67.6 cm³/mol. The van der Waals surface area contributed by atoms with Gasteiger partial charge < -0.3 is 0 Å². The van der Waals surface area contributed by atoms with Crippen molar-refractivity contribution in [2.45, 2.75) is 25.4 Å². The van der Waals surface area contributed by atoms with E-state index in [0.717, 1.165) is 30.7 Å². The van der Waals surface area contributed by atoms with Gasteiger partial charge in [-0.1, -0.05) is 11.3 Å². The number of anilines is 1. The first kappa shape index (κ1) is 11.3. The van der Waals surface area contributed by atoms with Crippen LogP contribution in [0.1, 0.15) is 17.8 Å². The monoisotopic (exact) mass is 254 g/mol. The van der Waals surface area contributed by atoms with E-state index in [4.69, 9.17) is 5.84 Å². The molecule has 0 amide bonds. The molecule has 2 heterocycles. The number of nitrogens with one attached hydrogen (secondary N) is 1. The minimum Gasteiger partial charge on any atom is -0.298 e. The molecule has 0 spiro atoms. The van der Waals surface area contributed by atoms with Crippen molar-refractivity contribution in [3.05, 3.63) is 5.01 Å². The van der Waals surface area contributed by atoms with E-state index in [-0.39, 0.29) is 0 Å². The number of rotatable bonds is 4. The number of nitrogens with two attached hydrogens (primary N) is 1. The molecule has 1 aromatic heterocycles. The third kappa shape index (κ3) is 2.74. The minimum atomic E-state index is 0.691. The Kier molecular flexibility index (Phi) is 3.24. The van der Waals surface area contributed by atoms with Gasteiger partial charge >= 0.3 is 0 Å². The molecule has 2 fully saturated rings. The van der Waals surface area contributed by atoms with Gasteiger partial charge in [0, 0.05) is 32.2 Å². The molecule has 0 unspecified atom stereocenters. The van der Waals surface area contributed by atoms with Crippen molar-refractivity contribution in [3.8, 4) is 0 Å². The van der Waals surface area contributed by atoms with Gasteiger partial charge in [0.1, 0.15) is 5.01 Å². The first-order chi connectivity index (χ1) is 8.35. The minimum absolute atomic E-state index is 0.691. The van der Waals surface area contributed by atoms with Gasteiger partial charge in [-0.15, -0.1) is 10.2 Å². The highest BCUT2D eigenvalue weighted by Crippen LogP contribution is 2.27. The third-order valence-corrected chi connectivity index (χ3v) is 4.26.